The number of carbonyl (C=O) groups is 1. The van der Waals surface area contributed by atoms with E-state index in [1.807, 2.05) is 18.2 Å². The quantitative estimate of drug-likeness (QED) is 0.870. The maximum absolute atomic E-state index is 12.4. The second-order valence-corrected chi connectivity index (χ2v) is 5.80. The fraction of sp³-hybridized carbons (Fsp3) is 0.0556. The Bertz CT molecular complexity index is 794. The van der Waals surface area contributed by atoms with Crippen LogP contribution in [0, 0.1) is 0 Å². The number of amides is 1. The molecule has 1 aliphatic rings. The molecule has 116 valence electrons. The van der Waals surface area contributed by atoms with Crippen molar-refractivity contribution in [3.8, 4) is 11.5 Å². The van der Waals surface area contributed by atoms with Crippen LogP contribution in [0.3, 0.4) is 0 Å². The van der Waals surface area contributed by atoms with Crippen LogP contribution in [0.25, 0.3) is 6.08 Å². The number of ether oxygens (including phenoxy) is 2. The van der Waals surface area contributed by atoms with Crippen molar-refractivity contribution in [2.45, 2.75) is 0 Å². The van der Waals surface area contributed by atoms with Crippen LogP contribution in [0.5, 0.6) is 11.5 Å². The molecular formula is C18H14BrNO3. The number of fused-ring (bicyclic) bond motifs is 1. The molecular weight excluding hydrogens is 358 g/mol. The third-order valence-electron chi connectivity index (χ3n) is 3.34. The summed E-state index contributed by atoms with van der Waals surface area (Å²) in [5, 5.41) is 2.85. The average molecular weight is 372 g/mol. The highest BCUT2D eigenvalue weighted by Gasteiger charge is 2.12. The van der Waals surface area contributed by atoms with Crippen molar-refractivity contribution in [3.63, 3.8) is 0 Å². The van der Waals surface area contributed by atoms with Crippen molar-refractivity contribution in [2.24, 2.45) is 0 Å². The topological polar surface area (TPSA) is 47.6 Å². The van der Waals surface area contributed by atoms with Gasteiger partial charge in [-0.05, 0) is 54.6 Å². The number of carbonyl (C=O) groups excluding carboxylic acids is 1. The number of hydrogen-bond donors (Lipinski definition) is 1. The van der Waals surface area contributed by atoms with Crippen LogP contribution in [0.1, 0.15) is 5.56 Å². The van der Waals surface area contributed by atoms with E-state index in [0.29, 0.717) is 17.0 Å². The van der Waals surface area contributed by atoms with E-state index < -0.39 is 0 Å². The van der Waals surface area contributed by atoms with Gasteiger partial charge in [-0.1, -0.05) is 15.9 Å². The molecule has 1 heterocycles. The minimum atomic E-state index is -0.206. The molecule has 2 aromatic carbocycles. The Balaban J connectivity index is 1.83. The summed E-state index contributed by atoms with van der Waals surface area (Å²) in [6.07, 6.45) is 4.95. The summed E-state index contributed by atoms with van der Waals surface area (Å²) >= 11 is 3.42. The molecule has 3 rings (SSSR count). The van der Waals surface area contributed by atoms with Crippen LogP contribution in [0.2, 0.25) is 0 Å². The largest absolute Gasteiger partial charge is 0.497 e. The Kier molecular flexibility index (Phi) is 4.48. The van der Waals surface area contributed by atoms with Crippen molar-refractivity contribution in [2.75, 3.05) is 12.4 Å². The van der Waals surface area contributed by atoms with Gasteiger partial charge in [-0.2, -0.15) is 0 Å². The highest BCUT2D eigenvalue weighted by molar-refractivity contribution is 9.10. The fourth-order valence-electron chi connectivity index (χ4n) is 2.15. The number of nitrogens with one attached hydrogen (secondary N) is 1. The van der Waals surface area contributed by atoms with E-state index in [-0.39, 0.29) is 5.91 Å². The van der Waals surface area contributed by atoms with Crippen LogP contribution in [0.4, 0.5) is 5.69 Å². The second kappa shape index (κ2) is 6.71. The zero-order valence-electron chi connectivity index (χ0n) is 12.4. The van der Waals surface area contributed by atoms with Crippen LogP contribution in [-0.2, 0) is 4.79 Å². The number of halogens is 1. The standard InChI is InChI=1S/C18H14BrNO3/c1-22-16-5-3-15(4-6-16)20-18(21)12-8-9-23-17-7-2-14(19)11-13(17)10-12/h2-11H,1H3,(H,20,21). The highest BCUT2D eigenvalue weighted by Crippen LogP contribution is 2.28. The van der Waals surface area contributed by atoms with Gasteiger partial charge in [-0.15, -0.1) is 0 Å². The molecule has 2 aromatic rings. The minimum absolute atomic E-state index is 0.206. The molecule has 5 heteroatoms. The molecule has 1 amide bonds. The molecule has 0 saturated heterocycles. The first-order chi connectivity index (χ1) is 11.2. The molecule has 1 aliphatic heterocycles. The Hall–Kier alpha value is -2.53. The Morgan fingerprint density at radius 2 is 1.96 bits per heavy atom. The van der Waals surface area contributed by atoms with Crippen molar-refractivity contribution < 1.29 is 14.3 Å². The summed E-state index contributed by atoms with van der Waals surface area (Å²) in [4.78, 5) is 12.4. The predicted molar refractivity (Wildman–Crippen MR) is 93.5 cm³/mol. The smallest absolute Gasteiger partial charge is 0.255 e. The van der Waals surface area contributed by atoms with E-state index in [4.69, 9.17) is 9.47 Å². The molecule has 0 atom stereocenters. The summed E-state index contributed by atoms with van der Waals surface area (Å²) in [6, 6.07) is 12.8. The van der Waals surface area contributed by atoms with Gasteiger partial charge in [-0.3, -0.25) is 4.79 Å². The lowest BCUT2D eigenvalue weighted by atomic mass is 10.1. The monoisotopic (exact) mass is 371 g/mol. The normalized spacial score (nSPS) is 12.5. The van der Waals surface area contributed by atoms with E-state index in [9.17, 15) is 4.79 Å². The predicted octanol–water partition coefficient (Wildman–Crippen LogP) is 4.39. The van der Waals surface area contributed by atoms with Gasteiger partial charge in [0, 0.05) is 21.3 Å². The zero-order valence-corrected chi connectivity index (χ0v) is 14.0. The minimum Gasteiger partial charge on any atom is -0.497 e. The van der Waals surface area contributed by atoms with E-state index in [2.05, 4.69) is 21.2 Å². The molecule has 0 radical (unpaired) electrons. The van der Waals surface area contributed by atoms with Crippen molar-refractivity contribution in [1.29, 1.82) is 0 Å². The number of methoxy groups -OCH3 is 1. The Labute approximate surface area is 142 Å². The molecule has 1 N–H and O–H groups in total. The van der Waals surface area contributed by atoms with Crippen LogP contribution in [-0.4, -0.2) is 13.0 Å². The maximum Gasteiger partial charge on any atom is 0.255 e. The lowest BCUT2D eigenvalue weighted by Gasteiger charge is -2.07. The molecule has 4 nitrogen and oxygen atoms in total. The van der Waals surface area contributed by atoms with Gasteiger partial charge in [0.15, 0.2) is 0 Å². The number of anilines is 1. The number of hydrogen-bond acceptors (Lipinski definition) is 3. The van der Waals surface area contributed by atoms with E-state index >= 15 is 0 Å². The summed E-state index contributed by atoms with van der Waals surface area (Å²) in [7, 11) is 1.60. The van der Waals surface area contributed by atoms with Crippen LogP contribution >= 0.6 is 15.9 Å². The van der Waals surface area contributed by atoms with E-state index in [1.54, 1.807) is 43.5 Å². The van der Waals surface area contributed by atoms with Crippen molar-refractivity contribution in [3.05, 3.63) is 70.4 Å². The molecule has 0 saturated carbocycles. The molecule has 0 bridgehead atoms. The fourth-order valence-corrected chi connectivity index (χ4v) is 2.53. The van der Waals surface area contributed by atoms with Gasteiger partial charge >= 0.3 is 0 Å². The third-order valence-corrected chi connectivity index (χ3v) is 3.83. The molecule has 0 fully saturated rings. The van der Waals surface area contributed by atoms with Crippen LogP contribution in [0.15, 0.2) is 64.8 Å². The van der Waals surface area contributed by atoms with Crippen LogP contribution < -0.4 is 14.8 Å². The van der Waals surface area contributed by atoms with E-state index in [0.717, 1.165) is 15.8 Å². The Morgan fingerprint density at radius 1 is 1.17 bits per heavy atom. The molecule has 0 unspecified atom stereocenters. The van der Waals surface area contributed by atoms with Crippen molar-refractivity contribution in [1.82, 2.24) is 0 Å². The first kappa shape index (κ1) is 15.4. The third kappa shape index (κ3) is 3.63. The summed E-state index contributed by atoms with van der Waals surface area (Å²) in [6.45, 7) is 0. The highest BCUT2D eigenvalue weighted by atomic mass is 79.9. The first-order valence-corrected chi connectivity index (χ1v) is 7.75. The van der Waals surface area contributed by atoms with Gasteiger partial charge in [0.2, 0.25) is 0 Å². The van der Waals surface area contributed by atoms with Gasteiger partial charge in [0.1, 0.15) is 11.5 Å². The van der Waals surface area contributed by atoms with Gasteiger partial charge in [0.05, 0.1) is 13.4 Å². The Morgan fingerprint density at radius 3 is 2.70 bits per heavy atom. The summed E-state index contributed by atoms with van der Waals surface area (Å²) < 4.78 is 11.5. The van der Waals surface area contributed by atoms with Crippen molar-refractivity contribution >= 4 is 33.6 Å². The van der Waals surface area contributed by atoms with E-state index in [1.165, 1.54) is 6.26 Å². The second-order valence-electron chi connectivity index (χ2n) is 4.89. The number of rotatable bonds is 3. The molecule has 23 heavy (non-hydrogen) atoms. The van der Waals surface area contributed by atoms with Gasteiger partial charge in [-0.25, -0.2) is 0 Å². The van der Waals surface area contributed by atoms with Gasteiger partial charge < -0.3 is 14.8 Å². The lowest BCUT2D eigenvalue weighted by Crippen LogP contribution is -2.13. The molecule has 0 aliphatic carbocycles. The maximum atomic E-state index is 12.4. The summed E-state index contributed by atoms with van der Waals surface area (Å²) in [5.41, 5.74) is 2.05. The SMILES string of the molecule is COc1ccc(NC(=O)C2=Cc3cc(Br)ccc3OC=C2)cc1. The summed E-state index contributed by atoms with van der Waals surface area (Å²) in [5.74, 6) is 1.24. The zero-order chi connectivity index (χ0) is 16.2. The molecule has 0 aromatic heterocycles. The first-order valence-electron chi connectivity index (χ1n) is 6.95. The lowest BCUT2D eigenvalue weighted by molar-refractivity contribution is -0.112. The molecule has 0 spiro atoms. The average Bonchev–Trinajstić information content (AvgIpc) is 2.77. The number of benzene rings is 2. The van der Waals surface area contributed by atoms with Gasteiger partial charge in [0.25, 0.3) is 5.91 Å².